The third-order valence-corrected chi connectivity index (χ3v) is 4.82. The predicted octanol–water partition coefficient (Wildman–Crippen LogP) is 2.58. The van der Waals surface area contributed by atoms with Gasteiger partial charge in [0.05, 0.1) is 6.54 Å². The topological polar surface area (TPSA) is 88.7 Å². The summed E-state index contributed by atoms with van der Waals surface area (Å²) in [7, 11) is 0. The second kappa shape index (κ2) is 8.74. The first-order valence-electron chi connectivity index (χ1n) is 9.33. The molecule has 0 unspecified atom stereocenters. The second-order valence-corrected chi connectivity index (χ2v) is 6.82. The van der Waals surface area contributed by atoms with Gasteiger partial charge in [-0.15, -0.1) is 0 Å². The van der Waals surface area contributed by atoms with Crippen molar-refractivity contribution in [2.75, 3.05) is 18.5 Å². The number of nitrogens with one attached hydrogen (secondary N) is 2. The molecule has 25 heavy (non-hydrogen) atoms. The Hall–Kier alpha value is -2.24. The van der Waals surface area contributed by atoms with Gasteiger partial charge in [-0.3, -0.25) is 4.79 Å². The summed E-state index contributed by atoms with van der Waals surface area (Å²) in [5, 5.41) is 6.21. The highest BCUT2D eigenvalue weighted by molar-refractivity contribution is 5.94. The number of aryl methyl sites for hydroxylation is 1. The highest BCUT2D eigenvalue weighted by atomic mass is 16.5. The Kier molecular flexibility index (Phi) is 6.14. The molecule has 0 radical (unpaired) electrons. The van der Waals surface area contributed by atoms with Crippen molar-refractivity contribution in [3.05, 3.63) is 23.8 Å². The van der Waals surface area contributed by atoms with E-state index in [0.717, 1.165) is 23.4 Å². The van der Waals surface area contributed by atoms with Crippen LogP contribution in [0.4, 0.5) is 5.69 Å². The standard InChI is InChI=1S/C19H28N4O2/c20-19(22-15-5-3-1-2-4-6-15)21-11-12-25-16-8-9-17-14(13-16)7-10-18(24)23-17/h8-9,13,15H,1-7,10-12H2,(H,23,24)(H3,20,21,22). The van der Waals surface area contributed by atoms with Crippen molar-refractivity contribution in [1.82, 2.24) is 5.32 Å². The molecule has 3 rings (SSSR count). The molecule has 0 saturated heterocycles. The van der Waals surface area contributed by atoms with Crippen LogP contribution in [0.3, 0.4) is 0 Å². The van der Waals surface area contributed by atoms with Crippen LogP contribution in [-0.2, 0) is 11.2 Å². The van der Waals surface area contributed by atoms with E-state index in [2.05, 4.69) is 15.6 Å². The summed E-state index contributed by atoms with van der Waals surface area (Å²) in [6.07, 6.45) is 8.84. The molecule has 6 heteroatoms. The van der Waals surface area contributed by atoms with Gasteiger partial charge in [0.15, 0.2) is 5.96 Å². The largest absolute Gasteiger partial charge is 0.492 e. The molecule has 1 heterocycles. The minimum absolute atomic E-state index is 0.0761. The van der Waals surface area contributed by atoms with Crippen molar-refractivity contribution >= 4 is 17.6 Å². The fourth-order valence-corrected chi connectivity index (χ4v) is 3.46. The smallest absolute Gasteiger partial charge is 0.224 e. The summed E-state index contributed by atoms with van der Waals surface area (Å²) in [6, 6.07) is 6.22. The van der Waals surface area contributed by atoms with Crippen molar-refractivity contribution in [1.29, 1.82) is 0 Å². The quantitative estimate of drug-likeness (QED) is 0.331. The van der Waals surface area contributed by atoms with Gasteiger partial charge in [-0.05, 0) is 43.0 Å². The zero-order valence-corrected chi connectivity index (χ0v) is 14.7. The molecule has 0 atom stereocenters. The van der Waals surface area contributed by atoms with E-state index in [0.29, 0.717) is 31.6 Å². The number of rotatable bonds is 5. The maximum atomic E-state index is 11.4. The average Bonchev–Trinajstić information content (AvgIpc) is 2.87. The SMILES string of the molecule is NC(=NCCOc1ccc2c(c1)CCC(=O)N2)NC1CCCCCC1. The molecule has 1 aromatic carbocycles. The van der Waals surface area contributed by atoms with Gasteiger partial charge in [-0.1, -0.05) is 25.7 Å². The summed E-state index contributed by atoms with van der Waals surface area (Å²) in [5.74, 6) is 1.40. The average molecular weight is 344 g/mol. The zero-order chi connectivity index (χ0) is 17.5. The Morgan fingerprint density at radius 1 is 1.24 bits per heavy atom. The molecule has 1 aliphatic heterocycles. The van der Waals surface area contributed by atoms with Gasteiger partial charge in [-0.25, -0.2) is 4.99 Å². The van der Waals surface area contributed by atoms with E-state index in [-0.39, 0.29) is 5.91 Å². The molecule has 0 aromatic heterocycles. The highest BCUT2D eigenvalue weighted by Gasteiger charge is 2.15. The van der Waals surface area contributed by atoms with Crippen molar-refractivity contribution in [3.8, 4) is 5.75 Å². The van der Waals surface area contributed by atoms with Crippen molar-refractivity contribution < 1.29 is 9.53 Å². The number of ether oxygens (including phenoxy) is 1. The Morgan fingerprint density at radius 3 is 2.84 bits per heavy atom. The van der Waals surface area contributed by atoms with Crippen LogP contribution in [0.5, 0.6) is 5.75 Å². The number of guanidine groups is 1. The summed E-state index contributed by atoms with van der Waals surface area (Å²) in [6.45, 7) is 1.01. The van der Waals surface area contributed by atoms with Crippen LogP contribution < -0.4 is 21.1 Å². The number of hydrogen-bond donors (Lipinski definition) is 3. The molecule has 6 nitrogen and oxygen atoms in total. The summed E-state index contributed by atoms with van der Waals surface area (Å²) in [4.78, 5) is 15.7. The van der Waals surface area contributed by atoms with Gasteiger partial charge in [0.1, 0.15) is 12.4 Å². The van der Waals surface area contributed by atoms with E-state index in [1.54, 1.807) is 0 Å². The Morgan fingerprint density at radius 2 is 2.04 bits per heavy atom. The van der Waals surface area contributed by atoms with Crippen LogP contribution in [0.25, 0.3) is 0 Å². The first kappa shape index (κ1) is 17.6. The lowest BCUT2D eigenvalue weighted by Crippen LogP contribution is -2.40. The number of fused-ring (bicyclic) bond motifs is 1. The molecule has 0 bridgehead atoms. The lowest BCUT2D eigenvalue weighted by atomic mass is 10.0. The highest BCUT2D eigenvalue weighted by Crippen LogP contribution is 2.26. The van der Waals surface area contributed by atoms with Crippen LogP contribution in [0.15, 0.2) is 23.2 Å². The molecular weight excluding hydrogens is 316 g/mol. The molecule has 1 aromatic rings. The first-order chi connectivity index (χ1) is 12.2. The fraction of sp³-hybridized carbons (Fsp3) is 0.579. The monoisotopic (exact) mass is 344 g/mol. The van der Waals surface area contributed by atoms with Crippen LogP contribution in [0, 0.1) is 0 Å². The molecular formula is C19H28N4O2. The second-order valence-electron chi connectivity index (χ2n) is 6.82. The molecule has 2 aliphatic rings. The van der Waals surface area contributed by atoms with Crippen molar-refractivity contribution in [3.63, 3.8) is 0 Å². The van der Waals surface area contributed by atoms with Crippen LogP contribution in [-0.4, -0.2) is 31.1 Å². The van der Waals surface area contributed by atoms with Gasteiger partial charge in [0, 0.05) is 18.2 Å². The van der Waals surface area contributed by atoms with E-state index in [9.17, 15) is 4.79 Å². The van der Waals surface area contributed by atoms with E-state index >= 15 is 0 Å². The molecule has 4 N–H and O–H groups in total. The molecule has 1 fully saturated rings. The summed E-state index contributed by atoms with van der Waals surface area (Å²) in [5.41, 5.74) is 7.99. The Labute approximate surface area is 149 Å². The van der Waals surface area contributed by atoms with E-state index in [1.165, 1.54) is 38.5 Å². The number of nitrogens with two attached hydrogens (primary N) is 1. The number of amides is 1. The molecule has 1 saturated carbocycles. The summed E-state index contributed by atoms with van der Waals surface area (Å²) < 4.78 is 5.76. The van der Waals surface area contributed by atoms with E-state index in [1.807, 2.05) is 18.2 Å². The molecule has 0 spiro atoms. The number of carbonyl (C=O) groups is 1. The van der Waals surface area contributed by atoms with Gasteiger partial charge in [0.2, 0.25) is 5.91 Å². The van der Waals surface area contributed by atoms with Gasteiger partial charge < -0.3 is 21.1 Å². The number of anilines is 1. The maximum Gasteiger partial charge on any atom is 0.224 e. The van der Waals surface area contributed by atoms with Gasteiger partial charge in [0.25, 0.3) is 0 Å². The minimum atomic E-state index is 0.0761. The first-order valence-corrected chi connectivity index (χ1v) is 9.33. The Bertz CT molecular complexity index is 622. The van der Waals surface area contributed by atoms with Crippen LogP contribution in [0.1, 0.15) is 50.5 Å². The minimum Gasteiger partial charge on any atom is -0.492 e. The number of benzene rings is 1. The number of hydrogen-bond acceptors (Lipinski definition) is 3. The zero-order valence-electron chi connectivity index (χ0n) is 14.7. The van der Waals surface area contributed by atoms with E-state index in [4.69, 9.17) is 10.5 Å². The van der Waals surface area contributed by atoms with Gasteiger partial charge in [-0.2, -0.15) is 0 Å². The third-order valence-electron chi connectivity index (χ3n) is 4.82. The third kappa shape index (κ3) is 5.37. The number of carbonyl (C=O) groups excluding carboxylic acids is 1. The summed E-state index contributed by atoms with van der Waals surface area (Å²) >= 11 is 0. The van der Waals surface area contributed by atoms with Gasteiger partial charge >= 0.3 is 0 Å². The normalized spacial score (nSPS) is 18.9. The predicted molar refractivity (Wildman–Crippen MR) is 100 cm³/mol. The maximum absolute atomic E-state index is 11.4. The van der Waals surface area contributed by atoms with Crippen molar-refractivity contribution in [2.45, 2.75) is 57.4 Å². The molecule has 1 amide bonds. The lowest BCUT2D eigenvalue weighted by Gasteiger charge is -2.18. The molecule has 136 valence electrons. The number of nitrogens with zero attached hydrogens (tertiary/aromatic N) is 1. The molecule has 1 aliphatic carbocycles. The van der Waals surface area contributed by atoms with Crippen molar-refractivity contribution in [2.24, 2.45) is 10.7 Å². The fourth-order valence-electron chi connectivity index (χ4n) is 3.46. The van der Waals surface area contributed by atoms with E-state index < -0.39 is 0 Å². The Balaban J connectivity index is 1.42. The van der Waals surface area contributed by atoms with Crippen LogP contribution in [0.2, 0.25) is 0 Å². The number of aliphatic imine (C=N–C) groups is 1. The van der Waals surface area contributed by atoms with Crippen LogP contribution >= 0.6 is 0 Å². The lowest BCUT2D eigenvalue weighted by molar-refractivity contribution is -0.116.